The van der Waals surface area contributed by atoms with Crippen molar-refractivity contribution in [3.05, 3.63) is 59.4 Å². The molecule has 2 fully saturated rings. The Morgan fingerprint density at radius 3 is 2.34 bits per heavy atom. The molecule has 11 heteroatoms. The maximum absolute atomic E-state index is 13.1. The van der Waals surface area contributed by atoms with E-state index in [0.717, 1.165) is 50.1 Å². The second-order valence-corrected chi connectivity index (χ2v) is 9.10. The van der Waals surface area contributed by atoms with Gasteiger partial charge in [-0.05, 0) is 60.7 Å². The maximum atomic E-state index is 13.1. The molecule has 200 valence electrons. The van der Waals surface area contributed by atoms with Crippen molar-refractivity contribution in [1.82, 2.24) is 15.0 Å². The van der Waals surface area contributed by atoms with Gasteiger partial charge in [-0.15, -0.1) is 0 Å². The zero-order valence-corrected chi connectivity index (χ0v) is 21.5. The van der Waals surface area contributed by atoms with E-state index in [1.807, 2.05) is 18.2 Å². The number of halogens is 1. The van der Waals surface area contributed by atoms with Crippen LogP contribution in [-0.2, 0) is 11.3 Å². The van der Waals surface area contributed by atoms with Crippen molar-refractivity contribution in [3.8, 4) is 11.5 Å². The first-order valence-electron chi connectivity index (χ1n) is 12.9. The monoisotopic (exact) mass is 521 g/mol. The van der Waals surface area contributed by atoms with Crippen LogP contribution >= 0.6 is 0 Å². The smallest absolute Gasteiger partial charge is 0.250 e. The van der Waals surface area contributed by atoms with Crippen LogP contribution in [0, 0.1) is 5.82 Å². The van der Waals surface area contributed by atoms with E-state index >= 15 is 0 Å². The second kappa shape index (κ2) is 12.5. The van der Waals surface area contributed by atoms with Crippen LogP contribution in [0.4, 0.5) is 22.2 Å². The topological polar surface area (TPSA) is 97.2 Å². The van der Waals surface area contributed by atoms with E-state index in [-0.39, 0.29) is 5.82 Å². The Morgan fingerprint density at radius 1 is 0.921 bits per heavy atom. The molecule has 0 bridgehead atoms. The van der Waals surface area contributed by atoms with Gasteiger partial charge in [-0.2, -0.15) is 20.1 Å². The zero-order chi connectivity index (χ0) is 26.2. The average molecular weight is 522 g/mol. The molecule has 1 N–H and O–H groups in total. The molecular formula is C27H32FN7O3. The Kier molecular flexibility index (Phi) is 8.44. The minimum absolute atomic E-state index is 0.277. The van der Waals surface area contributed by atoms with E-state index in [1.165, 1.54) is 18.6 Å². The van der Waals surface area contributed by atoms with Gasteiger partial charge in [0.25, 0.3) is 0 Å². The maximum Gasteiger partial charge on any atom is 0.250 e. The summed E-state index contributed by atoms with van der Waals surface area (Å²) in [6, 6.07) is 11.7. The predicted octanol–water partition coefficient (Wildman–Crippen LogP) is 3.87. The van der Waals surface area contributed by atoms with Gasteiger partial charge in [-0.3, -0.25) is 0 Å². The first kappa shape index (κ1) is 25.7. The van der Waals surface area contributed by atoms with E-state index in [1.54, 1.807) is 25.5 Å². The predicted molar refractivity (Wildman–Crippen MR) is 144 cm³/mol. The SMILES string of the molecule is COc1cc(/C=N\Nc2nc(N3CCCCC3)nc(N3CCOCC3)n2)ccc1OCc1ccc(F)cc1. The van der Waals surface area contributed by atoms with E-state index in [9.17, 15) is 4.39 Å². The molecule has 0 amide bonds. The van der Waals surface area contributed by atoms with Gasteiger partial charge in [0.15, 0.2) is 11.5 Å². The molecule has 2 aromatic carbocycles. The molecule has 1 aromatic heterocycles. The van der Waals surface area contributed by atoms with Crippen molar-refractivity contribution < 1.29 is 18.6 Å². The molecule has 0 saturated carbocycles. The van der Waals surface area contributed by atoms with Gasteiger partial charge in [0, 0.05) is 26.2 Å². The number of ether oxygens (including phenoxy) is 3. The summed E-state index contributed by atoms with van der Waals surface area (Å²) >= 11 is 0. The molecular weight excluding hydrogens is 489 g/mol. The molecule has 0 radical (unpaired) electrons. The minimum atomic E-state index is -0.277. The van der Waals surface area contributed by atoms with Gasteiger partial charge in [0.2, 0.25) is 17.8 Å². The molecule has 2 aliphatic rings. The lowest BCUT2D eigenvalue weighted by Gasteiger charge is -2.30. The summed E-state index contributed by atoms with van der Waals surface area (Å²) in [5, 5.41) is 4.37. The molecule has 2 aliphatic heterocycles. The summed E-state index contributed by atoms with van der Waals surface area (Å²) in [6.07, 6.45) is 5.16. The lowest BCUT2D eigenvalue weighted by Crippen LogP contribution is -2.38. The van der Waals surface area contributed by atoms with Gasteiger partial charge in [-0.1, -0.05) is 12.1 Å². The molecule has 38 heavy (non-hydrogen) atoms. The number of benzene rings is 2. The van der Waals surface area contributed by atoms with Crippen LogP contribution in [0.3, 0.4) is 0 Å². The minimum Gasteiger partial charge on any atom is -0.493 e. The first-order chi connectivity index (χ1) is 18.7. The Balaban J connectivity index is 1.28. The van der Waals surface area contributed by atoms with Crippen LogP contribution in [0.2, 0.25) is 0 Å². The molecule has 2 saturated heterocycles. The summed E-state index contributed by atoms with van der Waals surface area (Å²) in [7, 11) is 1.58. The van der Waals surface area contributed by atoms with Gasteiger partial charge < -0.3 is 24.0 Å². The van der Waals surface area contributed by atoms with Crippen molar-refractivity contribution in [3.63, 3.8) is 0 Å². The largest absolute Gasteiger partial charge is 0.493 e. The van der Waals surface area contributed by atoms with Crippen LogP contribution in [0.5, 0.6) is 11.5 Å². The summed E-state index contributed by atoms with van der Waals surface area (Å²) in [5.74, 6) is 2.57. The Hall–Kier alpha value is -3.99. The third kappa shape index (κ3) is 6.65. The number of hydrogen-bond donors (Lipinski definition) is 1. The Morgan fingerprint density at radius 2 is 1.63 bits per heavy atom. The fourth-order valence-corrected chi connectivity index (χ4v) is 4.33. The normalized spacial score (nSPS) is 16.1. The van der Waals surface area contributed by atoms with Crippen LogP contribution in [0.1, 0.15) is 30.4 Å². The summed E-state index contributed by atoms with van der Waals surface area (Å²) in [4.78, 5) is 18.3. The van der Waals surface area contributed by atoms with Crippen LogP contribution < -0.4 is 24.7 Å². The number of morpholine rings is 1. The molecule has 3 heterocycles. The van der Waals surface area contributed by atoms with Crippen molar-refractivity contribution in [2.75, 3.05) is 61.7 Å². The number of nitrogens with zero attached hydrogens (tertiary/aromatic N) is 6. The third-order valence-corrected chi connectivity index (χ3v) is 6.42. The second-order valence-electron chi connectivity index (χ2n) is 9.10. The number of nitrogens with one attached hydrogen (secondary N) is 1. The number of hydrogen-bond acceptors (Lipinski definition) is 10. The highest BCUT2D eigenvalue weighted by molar-refractivity contribution is 5.81. The first-order valence-corrected chi connectivity index (χ1v) is 12.9. The van der Waals surface area contributed by atoms with Gasteiger partial charge in [0.1, 0.15) is 12.4 Å². The van der Waals surface area contributed by atoms with Crippen molar-refractivity contribution >= 4 is 24.1 Å². The Labute approximate surface area is 221 Å². The van der Waals surface area contributed by atoms with E-state index in [2.05, 4.69) is 30.3 Å². The lowest BCUT2D eigenvalue weighted by atomic mass is 10.1. The highest BCUT2D eigenvalue weighted by Gasteiger charge is 2.20. The highest BCUT2D eigenvalue weighted by Crippen LogP contribution is 2.28. The molecule has 0 aliphatic carbocycles. The molecule has 0 unspecified atom stereocenters. The summed E-state index contributed by atoms with van der Waals surface area (Å²) in [5.41, 5.74) is 4.64. The number of piperidine rings is 1. The Bertz CT molecular complexity index is 1190. The van der Waals surface area contributed by atoms with E-state index in [4.69, 9.17) is 19.2 Å². The summed E-state index contributed by atoms with van der Waals surface area (Å²) < 4.78 is 30.0. The molecule has 0 spiro atoms. The highest BCUT2D eigenvalue weighted by atomic mass is 19.1. The fourth-order valence-electron chi connectivity index (χ4n) is 4.33. The number of hydrazone groups is 1. The van der Waals surface area contributed by atoms with E-state index < -0.39 is 0 Å². The standard InChI is InChI=1S/C27H32FN7O3/c1-36-24-17-21(7-10-23(24)38-19-20-5-8-22(28)9-6-20)18-29-33-25-30-26(34-11-3-2-4-12-34)32-27(31-25)35-13-15-37-16-14-35/h5-10,17-18H,2-4,11-16,19H2,1H3,(H,30,31,32,33)/b29-18-. The number of methoxy groups -OCH3 is 1. The van der Waals surface area contributed by atoms with Gasteiger partial charge in [0.05, 0.1) is 26.5 Å². The van der Waals surface area contributed by atoms with Crippen LogP contribution in [0.15, 0.2) is 47.6 Å². The molecule has 5 rings (SSSR count). The van der Waals surface area contributed by atoms with Crippen LogP contribution in [0.25, 0.3) is 0 Å². The molecule has 10 nitrogen and oxygen atoms in total. The van der Waals surface area contributed by atoms with Crippen molar-refractivity contribution in [2.45, 2.75) is 25.9 Å². The van der Waals surface area contributed by atoms with Gasteiger partial charge in [-0.25, -0.2) is 9.82 Å². The average Bonchev–Trinajstić information content (AvgIpc) is 2.98. The van der Waals surface area contributed by atoms with E-state index in [0.29, 0.717) is 49.2 Å². The number of anilines is 3. The summed E-state index contributed by atoms with van der Waals surface area (Å²) in [6.45, 7) is 4.95. The third-order valence-electron chi connectivity index (χ3n) is 6.42. The van der Waals surface area contributed by atoms with Gasteiger partial charge >= 0.3 is 0 Å². The van der Waals surface area contributed by atoms with Crippen molar-refractivity contribution in [2.24, 2.45) is 5.10 Å². The molecule has 3 aromatic rings. The number of rotatable bonds is 9. The lowest BCUT2D eigenvalue weighted by molar-refractivity contribution is 0.122. The number of aromatic nitrogens is 3. The zero-order valence-electron chi connectivity index (χ0n) is 21.5. The molecule has 0 atom stereocenters. The fraction of sp³-hybridized carbons (Fsp3) is 0.407. The van der Waals surface area contributed by atoms with Crippen LogP contribution in [-0.4, -0.2) is 67.7 Å². The quantitative estimate of drug-likeness (QED) is 0.332. The van der Waals surface area contributed by atoms with Crippen molar-refractivity contribution in [1.29, 1.82) is 0 Å².